The van der Waals surface area contributed by atoms with E-state index in [0.717, 1.165) is 43.5 Å². The second-order valence-electron chi connectivity index (χ2n) is 9.34. The van der Waals surface area contributed by atoms with Gasteiger partial charge in [-0.25, -0.2) is 4.98 Å². The zero-order valence-electron chi connectivity index (χ0n) is 21.1. The first kappa shape index (κ1) is 27.0. The molecule has 2 heterocycles. The molecule has 1 saturated carbocycles. The monoisotopic (exact) mass is 498 g/mol. The first-order valence-electron chi connectivity index (χ1n) is 12.6. The van der Waals surface area contributed by atoms with Crippen molar-refractivity contribution >= 4 is 28.9 Å². The number of hydrogen-bond donors (Lipinski definition) is 2. The van der Waals surface area contributed by atoms with Crippen LogP contribution in [0, 0.1) is 5.92 Å². The van der Waals surface area contributed by atoms with Crippen LogP contribution < -0.4 is 10.6 Å². The van der Waals surface area contributed by atoms with E-state index in [4.69, 9.17) is 0 Å². The molecule has 7 nitrogen and oxygen atoms in total. The zero-order valence-corrected chi connectivity index (χ0v) is 21.9. The van der Waals surface area contributed by atoms with Crippen LogP contribution in [0.25, 0.3) is 0 Å². The van der Waals surface area contributed by atoms with E-state index >= 15 is 0 Å². The van der Waals surface area contributed by atoms with E-state index in [2.05, 4.69) is 22.2 Å². The molecule has 8 heteroatoms. The molecule has 0 unspecified atom stereocenters. The summed E-state index contributed by atoms with van der Waals surface area (Å²) in [5.41, 5.74) is 0.910. The van der Waals surface area contributed by atoms with E-state index < -0.39 is 6.04 Å². The molecule has 1 aromatic heterocycles. The van der Waals surface area contributed by atoms with Crippen molar-refractivity contribution in [1.29, 1.82) is 0 Å². The number of nitrogens with one attached hydrogen (secondary N) is 2. The average molecular weight is 499 g/mol. The fraction of sp³-hybridized carbons (Fsp3) is 0.556. The molecule has 2 N–H and O–H groups in total. The summed E-state index contributed by atoms with van der Waals surface area (Å²) in [6.45, 7) is 7.98. The van der Waals surface area contributed by atoms with Gasteiger partial charge in [0.25, 0.3) is 0 Å². The van der Waals surface area contributed by atoms with Gasteiger partial charge in [-0.3, -0.25) is 14.4 Å². The normalized spacial score (nSPS) is 21.2. The highest BCUT2D eigenvalue weighted by atomic mass is 32.1. The summed E-state index contributed by atoms with van der Waals surface area (Å²) in [5.74, 6) is -0.193. The second-order valence-corrected chi connectivity index (χ2v) is 10.2. The Labute approximate surface area is 212 Å². The van der Waals surface area contributed by atoms with Crippen LogP contribution >= 0.6 is 11.3 Å². The lowest BCUT2D eigenvalue weighted by molar-refractivity contribution is -0.139. The number of ketones is 1. The first-order valence-corrected chi connectivity index (χ1v) is 13.5. The predicted molar refractivity (Wildman–Crippen MR) is 140 cm³/mol. The molecule has 2 aliphatic rings. The van der Waals surface area contributed by atoms with Crippen LogP contribution in [-0.2, 0) is 9.59 Å². The summed E-state index contributed by atoms with van der Waals surface area (Å²) in [6, 6.07) is -1.07. The largest absolute Gasteiger partial charge is 0.343 e. The maximum Gasteiger partial charge on any atom is 0.246 e. The molecule has 3 rings (SSSR count). The molecule has 0 aromatic carbocycles. The Balaban J connectivity index is 1.82. The molecule has 0 bridgehead atoms. The van der Waals surface area contributed by atoms with Crippen molar-refractivity contribution in [2.75, 3.05) is 13.6 Å². The third-order valence-electron chi connectivity index (χ3n) is 6.99. The summed E-state index contributed by atoms with van der Waals surface area (Å²) >= 11 is 1.42. The highest BCUT2D eigenvalue weighted by Gasteiger charge is 2.40. The lowest BCUT2D eigenvalue weighted by atomic mass is 9.83. The number of rotatable bonds is 10. The fourth-order valence-electron chi connectivity index (χ4n) is 4.93. The molecule has 1 aliphatic carbocycles. The maximum absolute atomic E-state index is 13.9. The molecule has 1 saturated heterocycles. The minimum Gasteiger partial charge on any atom is -0.343 e. The Morgan fingerprint density at radius 3 is 2.60 bits per heavy atom. The number of Topliss-reactive ketones (excluding diaryl/α,β-unsaturated/α-hetero) is 1. The molecule has 0 radical (unpaired) electrons. The molecular weight excluding hydrogens is 460 g/mol. The van der Waals surface area contributed by atoms with Gasteiger partial charge in [0.1, 0.15) is 16.7 Å². The van der Waals surface area contributed by atoms with E-state index in [0.29, 0.717) is 17.8 Å². The van der Waals surface area contributed by atoms with E-state index in [-0.39, 0.29) is 35.6 Å². The number of carbonyl (C=O) groups is 3. The second kappa shape index (κ2) is 12.9. The molecule has 1 aromatic rings. The zero-order chi connectivity index (χ0) is 25.4. The Morgan fingerprint density at radius 2 is 1.94 bits per heavy atom. The van der Waals surface area contributed by atoms with Crippen LogP contribution in [0.5, 0.6) is 0 Å². The van der Waals surface area contributed by atoms with E-state index in [9.17, 15) is 14.4 Å². The number of likely N-dealkylation sites (N-methyl/N-ethyl adjacent to an activating group) is 1. The smallest absolute Gasteiger partial charge is 0.246 e. The van der Waals surface area contributed by atoms with Gasteiger partial charge in [0, 0.05) is 17.5 Å². The summed E-state index contributed by atoms with van der Waals surface area (Å²) < 4.78 is 0. The minimum atomic E-state index is -0.530. The number of allylic oxidation sites excluding steroid dienone is 5. The lowest BCUT2D eigenvalue weighted by Crippen LogP contribution is -2.55. The molecule has 2 amide bonds. The van der Waals surface area contributed by atoms with E-state index in [1.165, 1.54) is 17.8 Å². The quantitative estimate of drug-likeness (QED) is 0.284. The summed E-state index contributed by atoms with van der Waals surface area (Å²) in [5, 5.41) is 8.57. The number of likely N-dealkylation sites (tertiary alicyclic amines) is 1. The Kier molecular flexibility index (Phi) is 9.98. The van der Waals surface area contributed by atoms with E-state index in [1.807, 2.05) is 17.9 Å². The number of aromatic nitrogens is 1. The van der Waals surface area contributed by atoms with Gasteiger partial charge in [-0.1, -0.05) is 50.1 Å². The summed E-state index contributed by atoms with van der Waals surface area (Å²) in [6.07, 6.45) is 13.7. The van der Waals surface area contributed by atoms with Gasteiger partial charge in [0.15, 0.2) is 0 Å². The Bertz CT molecular complexity index is 977. The average Bonchev–Trinajstić information content (AvgIpc) is 3.56. The van der Waals surface area contributed by atoms with Crippen LogP contribution in [0.3, 0.4) is 0 Å². The maximum atomic E-state index is 13.9. The number of nitrogens with zero attached hydrogens (tertiary/aromatic N) is 2. The molecule has 190 valence electrons. The third-order valence-corrected chi connectivity index (χ3v) is 7.94. The number of thiazole rings is 1. The molecule has 0 spiro atoms. The van der Waals surface area contributed by atoms with E-state index in [1.54, 1.807) is 37.6 Å². The van der Waals surface area contributed by atoms with Crippen molar-refractivity contribution in [3.8, 4) is 0 Å². The van der Waals surface area contributed by atoms with Crippen LogP contribution in [-0.4, -0.2) is 53.2 Å². The molecule has 35 heavy (non-hydrogen) atoms. The van der Waals surface area contributed by atoms with Gasteiger partial charge >= 0.3 is 0 Å². The van der Waals surface area contributed by atoms with Gasteiger partial charge in [0.05, 0.1) is 12.1 Å². The van der Waals surface area contributed by atoms with Crippen molar-refractivity contribution in [3.05, 3.63) is 52.5 Å². The topological polar surface area (TPSA) is 91.4 Å². The highest BCUT2D eigenvalue weighted by Crippen LogP contribution is 2.36. The number of hydrogen-bond acceptors (Lipinski definition) is 6. The van der Waals surface area contributed by atoms with Crippen molar-refractivity contribution in [1.82, 2.24) is 20.5 Å². The Hall–Kier alpha value is -2.58. The van der Waals surface area contributed by atoms with Crippen LogP contribution in [0.1, 0.15) is 80.3 Å². The van der Waals surface area contributed by atoms with Crippen LogP contribution in [0.15, 0.2) is 41.8 Å². The predicted octanol–water partition coefficient (Wildman–Crippen LogP) is 4.35. The van der Waals surface area contributed by atoms with Crippen molar-refractivity contribution in [2.24, 2.45) is 5.92 Å². The van der Waals surface area contributed by atoms with Gasteiger partial charge in [-0.15, -0.1) is 11.3 Å². The van der Waals surface area contributed by atoms with Crippen molar-refractivity contribution < 1.29 is 14.4 Å². The Morgan fingerprint density at radius 1 is 1.20 bits per heavy atom. The van der Waals surface area contributed by atoms with Gasteiger partial charge in [-0.2, -0.15) is 0 Å². The minimum absolute atomic E-state index is 0.0275. The molecule has 3 atom stereocenters. The number of amides is 2. The highest BCUT2D eigenvalue weighted by molar-refractivity contribution is 7.10. The summed E-state index contributed by atoms with van der Waals surface area (Å²) in [4.78, 5) is 46.1. The van der Waals surface area contributed by atoms with Crippen LogP contribution in [0.4, 0.5) is 0 Å². The standard InChI is InChI=1S/C27H38N4O3S/c1-5-11-20(12-6-2)24(32)21-17-35-26(29-21)22-15-10-16-31(22)27(34)23(19-13-8-7-9-14-19)30-25(33)18(3)28-4/h5-6,11-12,17-19,22-23,28H,1,7-10,13-16H2,2-4H3,(H,30,33)/b12-6-,20-11+/t18-,22-,23-/m0/s1. The van der Waals surface area contributed by atoms with Gasteiger partial charge in [-0.05, 0) is 52.5 Å². The van der Waals surface area contributed by atoms with Gasteiger partial charge < -0.3 is 15.5 Å². The van der Waals surface area contributed by atoms with Gasteiger partial charge in [0.2, 0.25) is 17.6 Å². The number of carbonyl (C=O) groups excluding carboxylic acids is 3. The molecular formula is C27H38N4O3S. The summed E-state index contributed by atoms with van der Waals surface area (Å²) in [7, 11) is 1.74. The SMILES string of the molecule is C=C/C=C(\C=C/C)C(=O)c1csc([C@@H]2CCCN2C(=O)[C@@H](NC(=O)[C@H](C)NC)C2CCCCC2)n1. The molecule has 1 aliphatic heterocycles. The lowest BCUT2D eigenvalue weighted by Gasteiger charge is -2.35. The first-order chi connectivity index (χ1) is 16.9. The van der Waals surface area contributed by atoms with Crippen molar-refractivity contribution in [2.45, 2.75) is 76.9 Å². The fourth-order valence-corrected chi connectivity index (χ4v) is 5.88. The molecule has 2 fully saturated rings. The van der Waals surface area contributed by atoms with Crippen LogP contribution in [0.2, 0.25) is 0 Å². The van der Waals surface area contributed by atoms with Crippen molar-refractivity contribution in [3.63, 3.8) is 0 Å². The third kappa shape index (κ3) is 6.55.